The number of esters is 1. The molecule has 352 valence electrons. The zero-order valence-corrected chi connectivity index (χ0v) is 35.4. The molecule has 23 heteroatoms. The highest BCUT2D eigenvalue weighted by atomic mass is 35.5. The van der Waals surface area contributed by atoms with Crippen molar-refractivity contribution in [3.8, 4) is 23.0 Å². The number of carbonyl (C=O) groups is 2. The lowest BCUT2D eigenvalue weighted by molar-refractivity contribution is -0.253. The van der Waals surface area contributed by atoms with Crippen molar-refractivity contribution in [3.63, 3.8) is 0 Å². The minimum absolute atomic E-state index is 0.0304. The van der Waals surface area contributed by atoms with Crippen LogP contribution in [0.5, 0.6) is 23.0 Å². The molecule has 4 aromatic carbocycles. The number of benzene rings is 4. The summed E-state index contributed by atoms with van der Waals surface area (Å²) >= 11 is 9.53. The van der Waals surface area contributed by atoms with Crippen LogP contribution in [0.15, 0.2) is 72.8 Å². The summed E-state index contributed by atoms with van der Waals surface area (Å²) in [5.74, 6) is -5.88. The normalized spacial score (nSPS) is 12.0. The van der Waals surface area contributed by atoms with Gasteiger partial charge >= 0.3 is 37.5 Å². The molecule has 4 aromatic rings. The number of ether oxygens (including phenoxy) is 5. The van der Waals surface area contributed by atoms with Crippen molar-refractivity contribution < 1.29 is 86.0 Å². The molecule has 0 saturated heterocycles. The molecule has 0 bridgehead atoms. The van der Waals surface area contributed by atoms with E-state index in [1.165, 1.54) is 24.3 Å². The van der Waals surface area contributed by atoms with Gasteiger partial charge < -0.3 is 34.3 Å². The van der Waals surface area contributed by atoms with E-state index < -0.39 is 77.9 Å². The van der Waals surface area contributed by atoms with Gasteiger partial charge in [-0.1, -0.05) is 6.07 Å². The molecule has 0 aliphatic heterocycles. The van der Waals surface area contributed by atoms with E-state index in [0.717, 1.165) is 43.3 Å². The van der Waals surface area contributed by atoms with E-state index in [-0.39, 0.29) is 52.2 Å². The van der Waals surface area contributed by atoms with E-state index in [1.807, 2.05) is 0 Å². The van der Waals surface area contributed by atoms with Crippen molar-refractivity contribution in [1.29, 1.82) is 0 Å². The molecule has 0 saturated carbocycles. The molecule has 0 aliphatic carbocycles. The predicted molar refractivity (Wildman–Crippen MR) is 209 cm³/mol. The second-order valence-electron chi connectivity index (χ2n) is 12.9. The van der Waals surface area contributed by atoms with E-state index in [4.69, 9.17) is 45.0 Å². The first-order valence-electron chi connectivity index (χ1n) is 17.8. The molecule has 0 heterocycles. The fraction of sp³-hybridized carbons (Fsp3) is 0.341. The lowest BCUT2D eigenvalue weighted by Crippen LogP contribution is -2.33. The maximum absolute atomic E-state index is 13.9. The monoisotopic (exact) mass is 968 g/mol. The van der Waals surface area contributed by atoms with Crippen molar-refractivity contribution >= 4 is 35.6 Å². The molecule has 0 amide bonds. The first-order valence-corrected chi connectivity index (χ1v) is 18.9. The summed E-state index contributed by atoms with van der Waals surface area (Å²) in [6.45, 7) is 15.3. The zero-order valence-electron chi connectivity index (χ0n) is 33.9. The number of nitrogens with zero attached hydrogens (tertiary/aromatic N) is 1. The molecule has 4 rings (SSSR count). The molecular formula is C41H38Cl2F12N2O7. The maximum Gasteiger partial charge on any atom is 0.461 e. The first-order chi connectivity index (χ1) is 29.7. The van der Waals surface area contributed by atoms with Gasteiger partial charge in [0.25, 0.3) is 6.04 Å². The number of rotatable bonds is 15. The number of nitrogens with two attached hydrogens (primary N) is 1. The molecule has 0 aromatic heterocycles. The third-order valence-electron chi connectivity index (χ3n) is 7.13. The van der Waals surface area contributed by atoms with Crippen molar-refractivity contribution in [2.75, 3.05) is 5.34 Å². The molecule has 2 atom stereocenters. The molecule has 9 nitrogen and oxygen atoms in total. The number of carbonyl (C=O) groups excluding carboxylic acids is 2. The van der Waals surface area contributed by atoms with Crippen LogP contribution < -0.4 is 24.7 Å². The zero-order chi connectivity index (χ0) is 49.1. The van der Waals surface area contributed by atoms with Crippen molar-refractivity contribution in [2.24, 2.45) is 5.73 Å². The van der Waals surface area contributed by atoms with Crippen LogP contribution >= 0.6 is 23.2 Å². The molecule has 0 fully saturated rings. The first kappa shape index (κ1) is 56.4. The minimum atomic E-state index is -4.83. The molecule has 64 heavy (non-hydrogen) atoms. The molecule has 2 unspecified atom stereocenters. The Balaban J connectivity index is 0.000000538. The highest BCUT2D eigenvalue weighted by Crippen LogP contribution is 2.36. The SMILES string of the molecule is CC(=O)OC=O.CC(C)Oc1cc(C(N)c2cc(F)cc(OC(F)(F)C(F)F)c2)ccc1F.ClCCl.[C-]#[N+]C(c1cc(F)cc(OC(F)(F)C(F)F)c1)c1ccc(F)c(OC(C)C)c1. The maximum atomic E-state index is 13.9. The van der Waals surface area contributed by atoms with Crippen molar-refractivity contribution in [3.05, 3.63) is 130 Å². The molecule has 2 N–H and O–H groups in total. The van der Waals surface area contributed by atoms with Gasteiger partial charge in [0.15, 0.2) is 23.1 Å². The van der Waals surface area contributed by atoms with Gasteiger partial charge in [-0.25, -0.2) is 24.1 Å². The van der Waals surface area contributed by atoms with E-state index in [1.54, 1.807) is 27.7 Å². The van der Waals surface area contributed by atoms with E-state index in [0.29, 0.717) is 17.7 Å². The Morgan fingerprint density at radius 3 is 1.44 bits per heavy atom. The third-order valence-corrected chi connectivity index (χ3v) is 7.13. The van der Waals surface area contributed by atoms with Crippen LogP contribution in [0.3, 0.4) is 0 Å². The quantitative estimate of drug-likeness (QED) is 0.0313. The lowest BCUT2D eigenvalue weighted by Gasteiger charge is -2.19. The fourth-order valence-electron chi connectivity index (χ4n) is 4.72. The summed E-state index contributed by atoms with van der Waals surface area (Å²) < 4.78 is 179. The minimum Gasteiger partial charge on any atom is -0.488 e. The Morgan fingerprint density at radius 2 is 1.08 bits per heavy atom. The molecule has 0 aliphatic rings. The van der Waals surface area contributed by atoms with Crippen molar-refractivity contribution in [2.45, 2.75) is 84.0 Å². The number of alkyl halides is 10. The van der Waals surface area contributed by atoms with Crippen molar-refractivity contribution in [1.82, 2.24) is 0 Å². The van der Waals surface area contributed by atoms with Gasteiger partial charge in [0.1, 0.15) is 23.1 Å². The van der Waals surface area contributed by atoms with Gasteiger partial charge in [-0.2, -0.15) is 35.1 Å². The topological polar surface area (TPSA) is 111 Å². The highest BCUT2D eigenvalue weighted by molar-refractivity contribution is 6.40. The molecule has 0 radical (unpaired) electrons. The fourth-order valence-corrected chi connectivity index (χ4v) is 4.72. The van der Waals surface area contributed by atoms with Crippen LogP contribution in [0.2, 0.25) is 0 Å². The predicted octanol–water partition coefficient (Wildman–Crippen LogP) is 12.2. The smallest absolute Gasteiger partial charge is 0.461 e. The second-order valence-corrected chi connectivity index (χ2v) is 13.7. The second kappa shape index (κ2) is 26.3. The van der Waals surface area contributed by atoms with Gasteiger partial charge in [0.05, 0.1) is 23.6 Å². The number of halogens is 14. The largest absolute Gasteiger partial charge is 0.488 e. The van der Waals surface area contributed by atoms with Crippen LogP contribution in [-0.4, -0.2) is 55.1 Å². The van der Waals surface area contributed by atoms with Gasteiger partial charge in [-0.15, -0.1) is 23.2 Å². The molecule has 0 spiro atoms. The third kappa shape index (κ3) is 19.0. The molecular weight excluding hydrogens is 931 g/mol. The number of hydrogen-bond acceptors (Lipinski definition) is 8. The summed E-state index contributed by atoms with van der Waals surface area (Å²) in [4.78, 5) is 22.1. The lowest BCUT2D eigenvalue weighted by atomic mass is 9.98. The Hall–Kier alpha value is -5.59. The average Bonchev–Trinajstić information content (AvgIpc) is 3.16. The van der Waals surface area contributed by atoms with Crippen LogP contribution in [-0.2, 0) is 14.3 Å². The average molecular weight is 970 g/mol. The Morgan fingerprint density at radius 1 is 0.688 bits per heavy atom. The highest BCUT2D eigenvalue weighted by Gasteiger charge is 2.45. The Kier molecular flexibility index (Phi) is 23.2. The van der Waals surface area contributed by atoms with Gasteiger partial charge in [-0.05, 0) is 93.4 Å². The van der Waals surface area contributed by atoms with E-state index >= 15 is 0 Å². The van der Waals surface area contributed by atoms with Gasteiger partial charge in [-0.3, -0.25) is 9.59 Å². The summed E-state index contributed by atoms with van der Waals surface area (Å²) in [5, 5.41) is 0.194. The Labute approximate surface area is 368 Å². The Bertz CT molecular complexity index is 2160. The standard InChI is InChI=1S/C19H15F6NO2.C18H17F6NO2.C3H4O3.CH2Cl2/c1-10(2)27-16-8-11(4-5-15(16)21)17(26-3)12-6-13(20)9-14(7-12)28-19(24,25)18(22)23;1-9(2)26-15-7-10(3-4-14(15)20)16(25)11-5-12(19)8-13(6-11)27-18(23,24)17(21)22;1-3(5)6-2-4;2-1-3/h4-10,17-18H,1-2H3;3-9,16-17H,25H2,1-2H3;2H,1H3;1H2. The van der Waals surface area contributed by atoms with Crippen LogP contribution in [0.25, 0.3) is 4.85 Å². The van der Waals surface area contributed by atoms with Gasteiger partial charge in [0.2, 0.25) is 0 Å². The summed E-state index contributed by atoms with van der Waals surface area (Å²) in [6.07, 6.45) is -18.5. The number of hydrogen-bond donors (Lipinski definition) is 1. The van der Waals surface area contributed by atoms with Crippen LogP contribution in [0.4, 0.5) is 52.7 Å². The van der Waals surface area contributed by atoms with E-state index in [9.17, 15) is 62.3 Å². The summed E-state index contributed by atoms with van der Waals surface area (Å²) in [7, 11) is 0. The van der Waals surface area contributed by atoms with Crippen LogP contribution in [0.1, 0.15) is 69.0 Å². The summed E-state index contributed by atoms with van der Waals surface area (Å²) in [6, 6.07) is 9.54. The van der Waals surface area contributed by atoms with Gasteiger partial charge in [0, 0.05) is 30.2 Å². The summed E-state index contributed by atoms with van der Waals surface area (Å²) in [5.41, 5.74) is 6.33. The van der Waals surface area contributed by atoms with Crippen LogP contribution in [0, 0.1) is 29.8 Å². The van der Waals surface area contributed by atoms with E-state index in [2.05, 4.69) is 19.1 Å².